The van der Waals surface area contributed by atoms with E-state index in [0.717, 1.165) is 13.1 Å². The van der Waals surface area contributed by atoms with Crippen molar-refractivity contribution in [3.8, 4) is 0 Å². The molecule has 2 heterocycles. The lowest BCUT2D eigenvalue weighted by molar-refractivity contribution is 0.672. The van der Waals surface area contributed by atoms with Crippen LogP contribution in [0, 0.1) is 0 Å². The van der Waals surface area contributed by atoms with Gasteiger partial charge in [-0.15, -0.1) is 11.3 Å². The van der Waals surface area contributed by atoms with Gasteiger partial charge in [0.25, 0.3) is 0 Å². The molecule has 0 aromatic carbocycles. The average molecular weight is 303 g/mol. The zero-order valence-corrected chi connectivity index (χ0v) is 14.0. The number of nitrogens with zero attached hydrogens (tertiary/aromatic N) is 3. The van der Waals surface area contributed by atoms with Crippen molar-refractivity contribution in [1.82, 2.24) is 9.97 Å². The molecule has 0 N–H and O–H groups in total. The summed E-state index contributed by atoms with van der Waals surface area (Å²) >= 11 is 1.89. The Labute approximate surface area is 131 Å². The van der Waals surface area contributed by atoms with Gasteiger partial charge in [-0.05, 0) is 37.7 Å². The van der Waals surface area contributed by atoms with Crippen molar-refractivity contribution in [1.29, 1.82) is 0 Å². The molecule has 114 valence electrons. The van der Waals surface area contributed by atoms with Gasteiger partial charge >= 0.3 is 0 Å². The molecule has 0 saturated heterocycles. The molecule has 0 spiro atoms. The molecule has 0 radical (unpaired) electrons. The first kappa shape index (κ1) is 14.8. The fourth-order valence-electron chi connectivity index (χ4n) is 3.17. The molecule has 2 aromatic heterocycles. The van der Waals surface area contributed by atoms with E-state index >= 15 is 0 Å². The lowest BCUT2D eigenvalue weighted by atomic mass is 10.1. The van der Waals surface area contributed by atoms with Gasteiger partial charge in [0, 0.05) is 18.0 Å². The number of fused-ring (bicyclic) bond motifs is 3. The zero-order valence-electron chi connectivity index (χ0n) is 13.2. The van der Waals surface area contributed by atoms with Crippen LogP contribution in [0.4, 0.5) is 5.82 Å². The Morgan fingerprint density at radius 2 is 1.86 bits per heavy atom. The second-order valence-corrected chi connectivity index (χ2v) is 7.01. The van der Waals surface area contributed by atoms with Crippen molar-refractivity contribution in [3.63, 3.8) is 0 Å². The molecule has 3 rings (SSSR count). The van der Waals surface area contributed by atoms with Gasteiger partial charge in [0.05, 0.1) is 5.39 Å². The third-order valence-corrected chi connectivity index (χ3v) is 5.54. The smallest absolute Gasteiger partial charge is 0.141 e. The summed E-state index contributed by atoms with van der Waals surface area (Å²) in [6.07, 6.45) is 10.5. The first-order valence-corrected chi connectivity index (χ1v) is 9.17. The number of anilines is 1. The van der Waals surface area contributed by atoms with E-state index in [1.54, 1.807) is 16.8 Å². The van der Waals surface area contributed by atoms with E-state index in [1.807, 2.05) is 11.3 Å². The van der Waals surface area contributed by atoms with Crippen LogP contribution < -0.4 is 4.90 Å². The summed E-state index contributed by atoms with van der Waals surface area (Å²) in [6.45, 7) is 6.76. The van der Waals surface area contributed by atoms with Crippen LogP contribution in [-0.4, -0.2) is 23.1 Å². The minimum absolute atomic E-state index is 1.12. The summed E-state index contributed by atoms with van der Waals surface area (Å²) in [6, 6.07) is 0. The second kappa shape index (κ2) is 6.73. The third kappa shape index (κ3) is 2.91. The van der Waals surface area contributed by atoms with Crippen molar-refractivity contribution >= 4 is 27.4 Å². The Hall–Kier alpha value is -1.16. The quantitative estimate of drug-likeness (QED) is 0.749. The summed E-state index contributed by atoms with van der Waals surface area (Å²) in [5.74, 6) is 1.20. The highest BCUT2D eigenvalue weighted by Crippen LogP contribution is 2.40. The Morgan fingerprint density at radius 1 is 1.10 bits per heavy atom. The van der Waals surface area contributed by atoms with Crippen LogP contribution in [-0.2, 0) is 12.8 Å². The van der Waals surface area contributed by atoms with E-state index in [-0.39, 0.29) is 0 Å². The van der Waals surface area contributed by atoms with E-state index in [9.17, 15) is 0 Å². The average Bonchev–Trinajstić information content (AvgIpc) is 3.07. The van der Waals surface area contributed by atoms with Crippen LogP contribution in [0.15, 0.2) is 6.33 Å². The summed E-state index contributed by atoms with van der Waals surface area (Å²) in [4.78, 5) is 14.5. The molecular weight excluding hydrogens is 278 g/mol. The highest BCUT2D eigenvalue weighted by atomic mass is 32.1. The Kier molecular flexibility index (Phi) is 4.73. The molecule has 21 heavy (non-hydrogen) atoms. The van der Waals surface area contributed by atoms with Gasteiger partial charge in [-0.3, -0.25) is 0 Å². The normalized spacial score (nSPS) is 13.8. The fourth-order valence-corrected chi connectivity index (χ4v) is 4.40. The minimum Gasteiger partial charge on any atom is -0.356 e. The number of aryl methyl sites for hydroxylation is 2. The van der Waals surface area contributed by atoms with Crippen molar-refractivity contribution in [3.05, 3.63) is 16.8 Å². The van der Waals surface area contributed by atoms with Crippen molar-refractivity contribution in [2.45, 2.75) is 58.8 Å². The summed E-state index contributed by atoms with van der Waals surface area (Å²) in [5.41, 5.74) is 1.54. The molecule has 0 aliphatic heterocycles. The van der Waals surface area contributed by atoms with Gasteiger partial charge < -0.3 is 4.90 Å². The van der Waals surface area contributed by atoms with Crippen LogP contribution >= 0.6 is 11.3 Å². The lowest BCUT2D eigenvalue weighted by Crippen LogP contribution is -2.26. The maximum atomic E-state index is 4.68. The summed E-state index contributed by atoms with van der Waals surface area (Å²) < 4.78 is 0. The largest absolute Gasteiger partial charge is 0.356 e. The number of unbranched alkanes of at least 4 members (excludes halogenated alkanes) is 2. The molecule has 2 aromatic rings. The van der Waals surface area contributed by atoms with Crippen LogP contribution in [0.1, 0.15) is 56.4 Å². The number of hydrogen-bond acceptors (Lipinski definition) is 4. The molecule has 0 atom stereocenters. The molecule has 0 bridgehead atoms. The van der Waals surface area contributed by atoms with E-state index in [2.05, 4.69) is 28.7 Å². The standard InChI is InChI=1S/C17H25N3S/c1-3-5-10-20(11-6-4-2)16-15-13-8-7-9-14(13)21-17(15)19-12-18-16/h12H,3-11H2,1-2H3. The van der Waals surface area contributed by atoms with Crippen molar-refractivity contribution in [2.75, 3.05) is 18.0 Å². The van der Waals surface area contributed by atoms with Crippen molar-refractivity contribution < 1.29 is 0 Å². The fraction of sp³-hybridized carbons (Fsp3) is 0.647. The number of thiophene rings is 1. The number of rotatable bonds is 7. The predicted octanol–water partition coefficient (Wildman–Crippen LogP) is 4.59. The Bertz CT molecular complexity index is 597. The number of aromatic nitrogens is 2. The molecule has 0 saturated carbocycles. The van der Waals surface area contributed by atoms with Gasteiger partial charge in [0.15, 0.2) is 0 Å². The summed E-state index contributed by atoms with van der Waals surface area (Å²) in [5, 5.41) is 1.36. The second-order valence-electron chi connectivity index (χ2n) is 5.93. The minimum atomic E-state index is 1.12. The van der Waals surface area contributed by atoms with Gasteiger partial charge in [-0.1, -0.05) is 26.7 Å². The molecule has 3 nitrogen and oxygen atoms in total. The number of hydrogen-bond donors (Lipinski definition) is 0. The molecule has 0 unspecified atom stereocenters. The van der Waals surface area contributed by atoms with E-state index in [1.165, 1.54) is 61.0 Å². The molecular formula is C17H25N3S. The van der Waals surface area contributed by atoms with Gasteiger partial charge in [0.1, 0.15) is 17.0 Å². The maximum absolute atomic E-state index is 4.68. The molecule has 0 fully saturated rings. The highest BCUT2D eigenvalue weighted by Gasteiger charge is 2.23. The predicted molar refractivity (Wildman–Crippen MR) is 91.5 cm³/mol. The maximum Gasteiger partial charge on any atom is 0.141 e. The van der Waals surface area contributed by atoms with Crippen LogP contribution in [0.2, 0.25) is 0 Å². The van der Waals surface area contributed by atoms with E-state index in [4.69, 9.17) is 0 Å². The van der Waals surface area contributed by atoms with Gasteiger partial charge in [0.2, 0.25) is 0 Å². The molecule has 4 heteroatoms. The topological polar surface area (TPSA) is 29.0 Å². The van der Waals surface area contributed by atoms with Crippen LogP contribution in [0.3, 0.4) is 0 Å². The summed E-state index contributed by atoms with van der Waals surface area (Å²) in [7, 11) is 0. The SMILES string of the molecule is CCCCN(CCCC)c1ncnc2sc3c(c12)CCC3. The van der Waals surface area contributed by atoms with Crippen LogP contribution in [0.5, 0.6) is 0 Å². The van der Waals surface area contributed by atoms with Crippen molar-refractivity contribution in [2.24, 2.45) is 0 Å². The molecule has 0 amide bonds. The zero-order chi connectivity index (χ0) is 14.7. The monoisotopic (exact) mass is 303 g/mol. The molecule has 1 aliphatic rings. The van der Waals surface area contributed by atoms with Gasteiger partial charge in [-0.2, -0.15) is 0 Å². The van der Waals surface area contributed by atoms with Gasteiger partial charge in [-0.25, -0.2) is 9.97 Å². The Morgan fingerprint density at radius 3 is 2.57 bits per heavy atom. The lowest BCUT2D eigenvalue weighted by Gasteiger charge is -2.24. The first-order chi connectivity index (χ1) is 10.3. The highest BCUT2D eigenvalue weighted by molar-refractivity contribution is 7.19. The van der Waals surface area contributed by atoms with E-state index < -0.39 is 0 Å². The first-order valence-electron chi connectivity index (χ1n) is 8.35. The van der Waals surface area contributed by atoms with E-state index in [0.29, 0.717) is 0 Å². The third-order valence-electron chi connectivity index (χ3n) is 4.34. The Balaban J connectivity index is 1.99. The van der Waals surface area contributed by atoms with Crippen LogP contribution in [0.25, 0.3) is 10.2 Å². The molecule has 1 aliphatic carbocycles.